The number of benzene rings is 1. The first-order valence-electron chi connectivity index (χ1n) is 7.80. The molecule has 1 aliphatic rings. The smallest absolute Gasteiger partial charge is 0.124 e. The average molecular weight is 301 g/mol. The quantitative estimate of drug-likeness (QED) is 0.890. The Bertz CT molecular complexity index is 651. The Labute approximate surface area is 131 Å². The topological polar surface area (TPSA) is 48.3 Å². The van der Waals surface area contributed by atoms with Crippen molar-refractivity contribution in [1.82, 2.24) is 15.1 Å². The van der Waals surface area contributed by atoms with Gasteiger partial charge >= 0.3 is 0 Å². The van der Waals surface area contributed by atoms with Gasteiger partial charge in [0.05, 0.1) is 12.3 Å². The highest BCUT2D eigenvalue weighted by Gasteiger charge is 2.21. The number of hydrogen-bond donors (Lipinski definition) is 1. The molecule has 2 aromatic rings. The third-order valence-corrected chi connectivity index (χ3v) is 3.92. The standard InChI is InChI=1S/C17H23N3O2/c1-4-21-16-8-13-7-12(2)22-17(13)9-14(16)10-18-11-15-5-6-19-20(15)3/h5-6,8-9,12,18H,4,7,10-11H2,1-3H3/t12-/m1/s1. The van der Waals surface area contributed by atoms with E-state index >= 15 is 0 Å². The van der Waals surface area contributed by atoms with Crippen molar-refractivity contribution in [3.63, 3.8) is 0 Å². The molecule has 118 valence electrons. The van der Waals surface area contributed by atoms with Gasteiger partial charge in [-0.25, -0.2) is 0 Å². The molecule has 0 saturated heterocycles. The van der Waals surface area contributed by atoms with Gasteiger partial charge in [-0.1, -0.05) is 0 Å². The van der Waals surface area contributed by atoms with Crippen molar-refractivity contribution in [2.24, 2.45) is 7.05 Å². The fraction of sp³-hybridized carbons (Fsp3) is 0.471. The molecule has 0 spiro atoms. The molecule has 0 saturated carbocycles. The summed E-state index contributed by atoms with van der Waals surface area (Å²) in [4.78, 5) is 0. The van der Waals surface area contributed by atoms with Crippen molar-refractivity contribution in [2.45, 2.75) is 39.5 Å². The summed E-state index contributed by atoms with van der Waals surface area (Å²) in [5.41, 5.74) is 3.53. The van der Waals surface area contributed by atoms with Gasteiger partial charge in [-0.3, -0.25) is 4.68 Å². The monoisotopic (exact) mass is 301 g/mol. The molecule has 0 bridgehead atoms. The van der Waals surface area contributed by atoms with E-state index in [9.17, 15) is 0 Å². The predicted octanol–water partition coefficient (Wildman–Crippen LogP) is 2.43. The summed E-state index contributed by atoms with van der Waals surface area (Å²) >= 11 is 0. The summed E-state index contributed by atoms with van der Waals surface area (Å²) in [6.45, 7) is 6.30. The number of ether oxygens (including phenoxy) is 2. The van der Waals surface area contributed by atoms with Crippen LogP contribution in [0.5, 0.6) is 11.5 Å². The molecule has 3 rings (SSSR count). The van der Waals surface area contributed by atoms with Crippen LogP contribution in [0.4, 0.5) is 0 Å². The summed E-state index contributed by atoms with van der Waals surface area (Å²) in [7, 11) is 1.95. The maximum absolute atomic E-state index is 5.85. The normalized spacial score (nSPS) is 16.4. The van der Waals surface area contributed by atoms with Gasteiger partial charge in [-0.15, -0.1) is 0 Å². The zero-order valence-corrected chi connectivity index (χ0v) is 13.4. The van der Waals surface area contributed by atoms with Crippen molar-refractivity contribution in [1.29, 1.82) is 0 Å². The molecule has 0 amide bonds. The molecular weight excluding hydrogens is 278 g/mol. The first-order valence-corrected chi connectivity index (χ1v) is 7.80. The Morgan fingerprint density at radius 2 is 2.27 bits per heavy atom. The van der Waals surface area contributed by atoms with E-state index in [2.05, 4.69) is 29.5 Å². The number of aromatic nitrogens is 2. The van der Waals surface area contributed by atoms with Crippen LogP contribution in [0.15, 0.2) is 24.4 Å². The Hall–Kier alpha value is -2.01. The molecular formula is C17H23N3O2. The number of nitrogens with one attached hydrogen (secondary N) is 1. The predicted molar refractivity (Wildman–Crippen MR) is 85.2 cm³/mol. The Morgan fingerprint density at radius 3 is 3.00 bits per heavy atom. The summed E-state index contributed by atoms with van der Waals surface area (Å²) in [6, 6.07) is 6.26. The number of hydrogen-bond acceptors (Lipinski definition) is 4. The van der Waals surface area contributed by atoms with E-state index in [0.29, 0.717) is 6.61 Å². The molecule has 1 atom stereocenters. The highest BCUT2D eigenvalue weighted by atomic mass is 16.5. The molecule has 2 heterocycles. The van der Waals surface area contributed by atoms with E-state index < -0.39 is 0 Å². The average Bonchev–Trinajstić information content (AvgIpc) is 3.04. The molecule has 5 heteroatoms. The molecule has 1 aliphatic heterocycles. The number of rotatable bonds is 6. The van der Waals surface area contributed by atoms with Crippen LogP contribution in [0, 0.1) is 0 Å². The number of nitrogens with zero attached hydrogens (tertiary/aromatic N) is 2. The minimum atomic E-state index is 0.252. The summed E-state index contributed by atoms with van der Waals surface area (Å²) in [5, 5.41) is 7.63. The molecule has 1 aromatic carbocycles. The van der Waals surface area contributed by atoms with Gasteiger partial charge in [-0.05, 0) is 32.0 Å². The SMILES string of the molecule is CCOc1cc2c(cc1CNCc1ccnn1C)O[C@H](C)C2. The van der Waals surface area contributed by atoms with Gasteiger partial charge in [0.1, 0.15) is 17.6 Å². The van der Waals surface area contributed by atoms with E-state index in [-0.39, 0.29) is 6.10 Å². The summed E-state index contributed by atoms with van der Waals surface area (Å²) in [5.74, 6) is 1.95. The van der Waals surface area contributed by atoms with Crippen LogP contribution in [-0.4, -0.2) is 22.5 Å². The van der Waals surface area contributed by atoms with Crippen LogP contribution in [0.1, 0.15) is 30.7 Å². The lowest BCUT2D eigenvalue weighted by Gasteiger charge is -2.13. The summed E-state index contributed by atoms with van der Waals surface area (Å²) < 4.78 is 13.5. The van der Waals surface area contributed by atoms with Crippen molar-refractivity contribution in [2.75, 3.05) is 6.61 Å². The van der Waals surface area contributed by atoms with Gasteiger partial charge in [0.15, 0.2) is 0 Å². The van der Waals surface area contributed by atoms with Crippen LogP contribution in [0.3, 0.4) is 0 Å². The van der Waals surface area contributed by atoms with E-state index in [1.54, 1.807) is 0 Å². The maximum atomic E-state index is 5.85. The second-order valence-corrected chi connectivity index (χ2v) is 5.68. The molecule has 0 unspecified atom stereocenters. The maximum Gasteiger partial charge on any atom is 0.124 e. The van der Waals surface area contributed by atoms with Gasteiger partial charge in [0, 0.05) is 43.9 Å². The van der Waals surface area contributed by atoms with Gasteiger partial charge in [0.25, 0.3) is 0 Å². The van der Waals surface area contributed by atoms with E-state index in [4.69, 9.17) is 9.47 Å². The Kier molecular flexibility index (Phi) is 4.34. The zero-order valence-electron chi connectivity index (χ0n) is 13.4. The fourth-order valence-electron chi connectivity index (χ4n) is 2.81. The minimum absolute atomic E-state index is 0.252. The highest BCUT2D eigenvalue weighted by molar-refractivity contribution is 5.48. The van der Waals surface area contributed by atoms with E-state index in [0.717, 1.165) is 42.3 Å². The van der Waals surface area contributed by atoms with Crippen LogP contribution in [-0.2, 0) is 26.6 Å². The van der Waals surface area contributed by atoms with Crippen molar-refractivity contribution in [3.05, 3.63) is 41.2 Å². The second kappa shape index (κ2) is 6.40. The molecule has 5 nitrogen and oxygen atoms in total. The lowest BCUT2D eigenvalue weighted by atomic mass is 10.1. The first-order chi connectivity index (χ1) is 10.7. The Morgan fingerprint density at radius 1 is 1.41 bits per heavy atom. The molecule has 22 heavy (non-hydrogen) atoms. The van der Waals surface area contributed by atoms with Crippen LogP contribution in [0.25, 0.3) is 0 Å². The molecule has 1 N–H and O–H groups in total. The largest absolute Gasteiger partial charge is 0.494 e. The third-order valence-electron chi connectivity index (χ3n) is 3.92. The van der Waals surface area contributed by atoms with E-state index in [1.165, 1.54) is 5.56 Å². The Balaban J connectivity index is 1.72. The fourth-order valence-corrected chi connectivity index (χ4v) is 2.81. The lowest BCUT2D eigenvalue weighted by molar-refractivity contribution is 0.254. The van der Waals surface area contributed by atoms with Crippen molar-refractivity contribution >= 4 is 0 Å². The first kappa shape index (κ1) is 14.9. The summed E-state index contributed by atoms with van der Waals surface area (Å²) in [6.07, 6.45) is 3.02. The number of fused-ring (bicyclic) bond motifs is 1. The second-order valence-electron chi connectivity index (χ2n) is 5.68. The zero-order chi connectivity index (χ0) is 15.5. The van der Waals surface area contributed by atoms with Gasteiger partial charge in [-0.2, -0.15) is 5.10 Å². The lowest BCUT2D eigenvalue weighted by Crippen LogP contribution is -2.16. The van der Waals surface area contributed by atoms with Crippen LogP contribution in [0.2, 0.25) is 0 Å². The van der Waals surface area contributed by atoms with Gasteiger partial charge < -0.3 is 14.8 Å². The minimum Gasteiger partial charge on any atom is -0.494 e. The molecule has 1 aromatic heterocycles. The third kappa shape index (κ3) is 3.09. The van der Waals surface area contributed by atoms with Crippen LogP contribution >= 0.6 is 0 Å². The molecule has 0 aliphatic carbocycles. The van der Waals surface area contributed by atoms with Crippen LogP contribution < -0.4 is 14.8 Å². The molecule has 0 radical (unpaired) electrons. The van der Waals surface area contributed by atoms with E-state index in [1.807, 2.05) is 30.9 Å². The van der Waals surface area contributed by atoms with Crippen molar-refractivity contribution in [3.8, 4) is 11.5 Å². The van der Waals surface area contributed by atoms with Crippen molar-refractivity contribution < 1.29 is 9.47 Å². The molecule has 0 fully saturated rings. The number of aryl methyl sites for hydroxylation is 1. The van der Waals surface area contributed by atoms with Gasteiger partial charge in [0.2, 0.25) is 0 Å². The highest BCUT2D eigenvalue weighted by Crippen LogP contribution is 2.35.